The number of thioether (sulfide) groups is 1. The molecule has 1 aliphatic rings. The van der Waals surface area contributed by atoms with E-state index in [2.05, 4.69) is 5.32 Å². The maximum atomic E-state index is 13.2. The summed E-state index contributed by atoms with van der Waals surface area (Å²) in [6, 6.07) is 16.2. The van der Waals surface area contributed by atoms with Gasteiger partial charge < -0.3 is 15.5 Å². The van der Waals surface area contributed by atoms with Crippen molar-refractivity contribution in [3.8, 4) is 0 Å². The van der Waals surface area contributed by atoms with Crippen LogP contribution in [0.1, 0.15) is 31.4 Å². The first-order valence-electron chi connectivity index (χ1n) is 9.84. The highest BCUT2D eigenvalue weighted by Crippen LogP contribution is 2.44. The monoisotopic (exact) mass is 437 g/mol. The minimum atomic E-state index is -1.14. The summed E-state index contributed by atoms with van der Waals surface area (Å²) in [5.74, 6) is -2.03. The van der Waals surface area contributed by atoms with E-state index in [4.69, 9.17) is 0 Å². The molecule has 1 unspecified atom stereocenters. The Morgan fingerprint density at radius 1 is 1.00 bits per heavy atom. The van der Waals surface area contributed by atoms with Gasteiger partial charge in [0.25, 0.3) is 5.91 Å². The lowest BCUT2D eigenvalue weighted by Crippen LogP contribution is -2.42. The van der Waals surface area contributed by atoms with Crippen LogP contribution in [-0.4, -0.2) is 33.2 Å². The number of rotatable bonds is 7. The van der Waals surface area contributed by atoms with Gasteiger partial charge in [0.15, 0.2) is 0 Å². The highest BCUT2D eigenvalue weighted by Gasteiger charge is 2.35. The molecule has 2 aromatic carbocycles. The van der Waals surface area contributed by atoms with Gasteiger partial charge in [-0.2, -0.15) is 0 Å². The molecular formula is C24H23NO5S. The molecule has 0 saturated carbocycles. The Morgan fingerprint density at radius 2 is 1.58 bits per heavy atom. The van der Waals surface area contributed by atoms with Gasteiger partial charge >= 0.3 is 5.97 Å². The molecule has 1 heterocycles. The molecule has 1 amide bonds. The largest absolute Gasteiger partial charge is 0.506 e. The van der Waals surface area contributed by atoms with Crippen LogP contribution in [0.3, 0.4) is 0 Å². The molecule has 3 rings (SSSR count). The summed E-state index contributed by atoms with van der Waals surface area (Å²) >= 11 is 0.766. The van der Waals surface area contributed by atoms with Crippen molar-refractivity contribution >= 4 is 39.9 Å². The average molecular weight is 438 g/mol. The molecular weight excluding hydrogens is 414 g/mol. The quantitative estimate of drug-likeness (QED) is 0.560. The van der Waals surface area contributed by atoms with Crippen molar-refractivity contribution in [1.82, 2.24) is 5.32 Å². The number of carboxylic acid groups (broad SMARTS) is 1. The van der Waals surface area contributed by atoms with E-state index in [9.17, 15) is 24.6 Å². The third-order valence-corrected chi connectivity index (χ3v) is 5.73. The van der Waals surface area contributed by atoms with Gasteiger partial charge in [0.2, 0.25) is 5.12 Å². The first-order chi connectivity index (χ1) is 14.8. The van der Waals surface area contributed by atoms with Gasteiger partial charge in [-0.15, -0.1) is 0 Å². The van der Waals surface area contributed by atoms with Crippen LogP contribution in [0.25, 0.3) is 11.1 Å². The predicted molar refractivity (Wildman–Crippen MR) is 121 cm³/mol. The first kappa shape index (κ1) is 22.4. The number of aliphatic hydroxyl groups excluding tert-OH is 1. The number of amides is 1. The van der Waals surface area contributed by atoms with Gasteiger partial charge in [-0.3, -0.25) is 9.59 Å². The van der Waals surface area contributed by atoms with E-state index in [1.807, 2.05) is 13.8 Å². The Balaban J connectivity index is 2.11. The van der Waals surface area contributed by atoms with Crippen LogP contribution >= 0.6 is 11.8 Å². The SMILES string of the molecule is CC(C)CC(NC(=O)/C(=C1/SC(=O)C(c2ccccc2)=C1O)c1ccccc1)C(=O)O. The van der Waals surface area contributed by atoms with Crippen molar-refractivity contribution in [3.63, 3.8) is 0 Å². The van der Waals surface area contributed by atoms with E-state index in [0.717, 1.165) is 11.8 Å². The molecule has 0 spiro atoms. The second-order valence-corrected chi connectivity index (χ2v) is 8.53. The van der Waals surface area contributed by atoms with Crippen LogP contribution in [-0.2, 0) is 14.4 Å². The van der Waals surface area contributed by atoms with Gasteiger partial charge in [-0.25, -0.2) is 4.79 Å². The minimum absolute atomic E-state index is 0.0506. The number of carbonyl (C=O) groups is 3. The lowest BCUT2D eigenvalue weighted by Gasteiger charge is -2.19. The third kappa shape index (κ3) is 5.06. The summed E-state index contributed by atoms with van der Waals surface area (Å²) in [4.78, 5) is 37.7. The Kier molecular flexibility index (Phi) is 6.97. The molecule has 2 aromatic rings. The number of hydrogen-bond donors (Lipinski definition) is 3. The lowest BCUT2D eigenvalue weighted by molar-refractivity contribution is -0.141. The summed E-state index contributed by atoms with van der Waals surface area (Å²) < 4.78 is 0. The number of carbonyl (C=O) groups excluding carboxylic acids is 2. The van der Waals surface area contributed by atoms with Crippen LogP contribution in [0.15, 0.2) is 71.3 Å². The van der Waals surface area contributed by atoms with Crippen LogP contribution in [0, 0.1) is 5.92 Å². The van der Waals surface area contributed by atoms with E-state index < -0.39 is 17.9 Å². The van der Waals surface area contributed by atoms with Crippen molar-refractivity contribution in [2.75, 3.05) is 0 Å². The molecule has 1 aliphatic heterocycles. The number of aliphatic hydroxyl groups is 1. The smallest absolute Gasteiger partial charge is 0.326 e. The summed E-state index contributed by atoms with van der Waals surface area (Å²) in [5.41, 5.74) is 1.21. The maximum absolute atomic E-state index is 13.2. The molecule has 0 saturated heterocycles. The molecule has 0 bridgehead atoms. The van der Waals surface area contributed by atoms with E-state index in [1.54, 1.807) is 60.7 Å². The van der Waals surface area contributed by atoms with Crippen molar-refractivity contribution in [2.24, 2.45) is 5.92 Å². The fourth-order valence-electron chi connectivity index (χ4n) is 3.32. The van der Waals surface area contributed by atoms with Crippen molar-refractivity contribution in [3.05, 3.63) is 82.5 Å². The Morgan fingerprint density at radius 3 is 2.13 bits per heavy atom. The molecule has 0 aliphatic carbocycles. The number of hydrogen-bond acceptors (Lipinski definition) is 5. The summed E-state index contributed by atoms with van der Waals surface area (Å²) in [6.07, 6.45) is 0.252. The number of nitrogens with one attached hydrogen (secondary N) is 1. The zero-order valence-corrected chi connectivity index (χ0v) is 18.0. The molecule has 0 fully saturated rings. The molecule has 0 radical (unpaired) electrons. The van der Waals surface area contributed by atoms with Gasteiger partial charge in [0.1, 0.15) is 11.8 Å². The van der Waals surface area contributed by atoms with Crippen LogP contribution < -0.4 is 5.32 Å². The minimum Gasteiger partial charge on any atom is -0.506 e. The Bertz CT molecular complexity index is 1060. The molecule has 31 heavy (non-hydrogen) atoms. The van der Waals surface area contributed by atoms with E-state index in [1.165, 1.54) is 0 Å². The van der Waals surface area contributed by atoms with Gasteiger partial charge in [-0.05, 0) is 35.2 Å². The van der Waals surface area contributed by atoms with Gasteiger partial charge in [0, 0.05) is 0 Å². The van der Waals surface area contributed by atoms with Crippen LogP contribution in [0.4, 0.5) is 0 Å². The van der Waals surface area contributed by atoms with Crippen molar-refractivity contribution < 1.29 is 24.6 Å². The zero-order chi connectivity index (χ0) is 22.5. The second kappa shape index (κ2) is 9.66. The second-order valence-electron chi connectivity index (χ2n) is 7.54. The normalized spacial score (nSPS) is 16.4. The van der Waals surface area contributed by atoms with Crippen LogP contribution in [0.5, 0.6) is 0 Å². The fraction of sp³-hybridized carbons (Fsp3) is 0.208. The Hall–Kier alpha value is -3.32. The number of benzene rings is 2. The fourth-order valence-corrected chi connectivity index (χ4v) is 4.34. The number of carboxylic acids is 1. The highest BCUT2D eigenvalue weighted by atomic mass is 32.2. The molecule has 3 N–H and O–H groups in total. The predicted octanol–water partition coefficient (Wildman–Crippen LogP) is 4.26. The van der Waals surface area contributed by atoms with E-state index in [-0.39, 0.29) is 39.3 Å². The highest BCUT2D eigenvalue weighted by molar-refractivity contribution is 8.19. The van der Waals surface area contributed by atoms with Crippen molar-refractivity contribution in [2.45, 2.75) is 26.3 Å². The summed E-state index contributed by atoms with van der Waals surface area (Å²) in [6.45, 7) is 3.73. The van der Waals surface area contributed by atoms with Crippen molar-refractivity contribution in [1.29, 1.82) is 0 Å². The molecule has 160 valence electrons. The maximum Gasteiger partial charge on any atom is 0.326 e. The molecule has 6 nitrogen and oxygen atoms in total. The Labute approximate surface area is 184 Å². The summed E-state index contributed by atoms with van der Waals surface area (Å²) in [7, 11) is 0. The van der Waals surface area contributed by atoms with Gasteiger partial charge in [0.05, 0.1) is 16.1 Å². The van der Waals surface area contributed by atoms with E-state index >= 15 is 0 Å². The standard InChI is InChI=1S/C24H23NO5S/c1-14(2)13-17(23(28)29)25-22(27)19(16-11-7-4-8-12-16)21-20(26)18(24(30)31-21)15-9-5-3-6-10-15/h3-12,14,17,26H,13H2,1-2H3,(H,25,27)(H,28,29)/b21-19+. The molecule has 0 aromatic heterocycles. The average Bonchev–Trinajstić information content (AvgIpc) is 3.02. The third-order valence-electron chi connectivity index (χ3n) is 4.74. The molecule has 7 heteroatoms. The molecule has 1 atom stereocenters. The topological polar surface area (TPSA) is 104 Å². The summed E-state index contributed by atoms with van der Waals surface area (Å²) in [5, 5.41) is 22.6. The lowest BCUT2D eigenvalue weighted by atomic mass is 9.99. The first-order valence-corrected chi connectivity index (χ1v) is 10.7. The zero-order valence-electron chi connectivity index (χ0n) is 17.2. The van der Waals surface area contributed by atoms with E-state index in [0.29, 0.717) is 11.1 Å². The van der Waals surface area contributed by atoms with Crippen LogP contribution in [0.2, 0.25) is 0 Å². The number of aliphatic carboxylic acids is 1. The van der Waals surface area contributed by atoms with Gasteiger partial charge in [-0.1, -0.05) is 74.5 Å².